The standard InChI is InChI=1S/C37H64O4/c1-22-12-26(18-34(5,38)16-22)30(28-14-24(3)32-36(7,20-28)40-32)10-9-11-31(27-13-23(2)17-35(6,39)19-27)29-15-25(4)33-37(8,21-29)41-33/h22-33,38-39H,9-21H2,1-8H3. The first-order valence-corrected chi connectivity index (χ1v) is 17.9. The lowest BCUT2D eigenvalue weighted by atomic mass is 9.59. The number of epoxide rings is 2. The van der Waals surface area contributed by atoms with E-state index >= 15 is 0 Å². The topological polar surface area (TPSA) is 65.5 Å². The predicted molar refractivity (Wildman–Crippen MR) is 165 cm³/mol. The summed E-state index contributed by atoms with van der Waals surface area (Å²) >= 11 is 0. The predicted octanol–water partition coefficient (Wildman–Crippen LogP) is 8.17. The van der Waals surface area contributed by atoms with Gasteiger partial charge in [0.15, 0.2) is 0 Å². The van der Waals surface area contributed by atoms with Gasteiger partial charge in [0.25, 0.3) is 0 Å². The van der Waals surface area contributed by atoms with Crippen molar-refractivity contribution in [3.8, 4) is 0 Å². The third kappa shape index (κ3) is 6.48. The van der Waals surface area contributed by atoms with Gasteiger partial charge in [-0.1, -0.05) is 34.1 Å². The van der Waals surface area contributed by atoms with E-state index in [1.807, 2.05) is 0 Å². The highest BCUT2D eigenvalue weighted by Gasteiger charge is 2.61. The van der Waals surface area contributed by atoms with Gasteiger partial charge in [0.05, 0.1) is 34.6 Å². The second-order valence-corrected chi connectivity index (χ2v) is 18.3. The molecule has 0 radical (unpaired) electrons. The minimum Gasteiger partial charge on any atom is -0.390 e. The van der Waals surface area contributed by atoms with Gasteiger partial charge < -0.3 is 19.7 Å². The fraction of sp³-hybridized carbons (Fsp3) is 1.00. The van der Waals surface area contributed by atoms with Crippen molar-refractivity contribution in [2.75, 3.05) is 0 Å². The summed E-state index contributed by atoms with van der Waals surface area (Å²) in [6.07, 6.45) is 16.2. The first-order chi connectivity index (χ1) is 19.1. The van der Waals surface area contributed by atoms with Crippen LogP contribution < -0.4 is 0 Å². The number of hydrogen-bond donors (Lipinski definition) is 2. The molecule has 2 heterocycles. The summed E-state index contributed by atoms with van der Waals surface area (Å²) in [6.45, 7) is 18.5. The van der Waals surface area contributed by atoms with Gasteiger partial charge in [-0.15, -0.1) is 0 Å². The Balaban J connectivity index is 1.20. The van der Waals surface area contributed by atoms with E-state index in [0.29, 0.717) is 71.4 Å². The maximum Gasteiger partial charge on any atom is 0.0926 e. The lowest BCUT2D eigenvalue weighted by molar-refractivity contribution is -0.0475. The monoisotopic (exact) mass is 572 g/mol. The van der Waals surface area contributed by atoms with Gasteiger partial charge in [-0.05, 0) is 164 Å². The van der Waals surface area contributed by atoms with Crippen molar-refractivity contribution in [3.63, 3.8) is 0 Å². The first kappa shape index (κ1) is 30.8. The largest absolute Gasteiger partial charge is 0.390 e. The zero-order valence-electron chi connectivity index (χ0n) is 27.8. The highest BCUT2D eigenvalue weighted by molar-refractivity contribution is 5.09. The number of aliphatic hydroxyl groups is 2. The van der Waals surface area contributed by atoms with Crippen LogP contribution in [0.25, 0.3) is 0 Å². The molecule has 4 nitrogen and oxygen atoms in total. The van der Waals surface area contributed by atoms with Crippen molar-refractivity contribution < 1.29 is 19.7 Å². The average molecular weight is 573 g/mol. The van der Waals surface area contributed by atoms with Gasteiger partial charge in [-0.25, -0.2) is 0 Å². The zero-order valence-corrected chi connectivity index (χ0v) is 27.8. The summed E-state index contributed by atoms with van der Waals surface area (Å²) in [4.78, 5) is 0. The van der Waals surface area contributed by atoms with Crippen molar-refractivity contribution in [3.05, 3.63) is 0 Å². The molecule has 6 aliphatic rings. The first-order valence-electron chi connectivity index (χ1n) is 17.9. The van der Waals surface area contributed by atoms with Crippen LogP contribution in [0.15, 0.2) is 0 Å². The van der Waals surface area contributed by atoms with Gasteiger partial charge in [0.2, 0.25) is 0 Å². The molecule has 0 amide bonds. The quantitative estimate of drug-likeness (QED) is 0.288. The Labute approximate surface area is 252 Å². The summed E-state index contributed by atoms with van der Waals surface area (Å²) in [7, 11) is 0. The molecule has 236 valence electrons. The Morgan fingerprint density at radius 2 is 0.927 bits per heavy atom. The van der Waals surface area contributed by atoms with E-state index in [2.05, 4.69) is 55.4 Å². The Hall–Kier alpha value is -0.160. The Kier molecular flexibility index (Phi) is 8.07. The molecule has 0 bridgehead atoms. The van der Waals surface area contributed by atoms with Gasteiger partial charge in [0, 0.05) is 0 Å². The minimum atomic E-state index is -0.524. The molecule has 2 aliphatic heterocycles. The molecule has 2 saturated heterocycles. The van der Waals surface area contributed by atoms with E-state index in [9.17, 15) is 10.2 Å². The molecule has 16 unspecified atom stereocenters. The van der Waals surface area contributed by atoms with Crippen LogP contribution in [-0.2, 0) is 9.47 Å². The van der Waals surface area contributed by atoms with Crippen LogP contribution in [0.5, 0.6) is 0 Å². The van der Waals surface area contributed by atoms with E-state index in [1.54, 1.807) is 0 Å². The molecule has 16 atom stereocenters. The number of rotatable bonds is 8. The maximum atomic E-state index is 11.3. The Morgan fingerprint density at radius 3 is 1.27 bits per heavy atom. The fourth-order valence-electron chi connectivity index (χ4n) is 12.5. The summed E-state index contributed by atoms with van der Waals surface area (Å²) in [5.41, 5.74) is -0.844. The number of fused-ring (bicyclic) bond motifs is 2. The molecule has 6 fully saturated rings. The van der Waals surface area contributed by atoms with Crippen molar-refractivity contribution >= 4 is 0 Å². The molecule has 6 rings (SSSR count). The van der Waals surface area contributed by atoms with E-state index in [0.717, 1.165) is 25.7 Å². The van der Waals surface area contributed by atoms with Crippen LogP contribution in [0.4, 0.5) is 0 Å². The molecule has 0 spiro atoms. The third-order valence-corrected chi connectivity index (χ3v) is 13.5. The average Bonchev–Trinajstić information content (AvgIpc) is 3.70. The van der Waals surface area contributed by atoms with Crippen LogP contribution in [0.1, 0.15) is 139 Å². The van der Waals surface area contributed by atoms with Crippen molar-refractivity contribution in [1.82, 2.24) is 0 Å². The molecule has 4 heteroatoms. The van der Waals surface area contributed by atoms with E-state index in [-0.39, 0.29) is 11.2 Å². The van der Waals surface area contributed by atoms with Crippen LogP contribution in [0, 0.1) is 59.2 Å². The highest BCUT2D eigenvalue weighted by atomic mass is 16.6. The maximum absolute atomic E-state index is 11.3. The molecular formula is C37H64O4. The summed E-state index contributed by atoms with van der Waals surface area (Å²) in [5, 5.41) is 22.5. The van der Waals surface area contributed by atoms with E-state index in [1.165, 1.54) is 57.8 Å². The van der Waals surface area contributed by atoms with Crippen molar-refractivity contribution in [2.24, 2.45) is 59.2 Å². The van der Waals surface area contributed by atoms with Gasteiger partial charge in [-0.2, -0.15) is 0 Å². The molecule has 41 heavy (non-hydrogen) atoms. The molecule has 2 N–H and O–H groups in total. The van der Waals surface area contributed by atoms with Gasteiger partial charge >= 0.3 is 0 Å². The highest BCUT2D eigenvalue weighted by Crippen LogP contribution is 2.58. The number of hydrogen-bond acceptors (Lipinski definition) is 4. The molecule has 0 aromatic rings. The van der Waals surface area contributed by atoms with E-state index < -0.39 is 11.2 Å². The molecule has 0 aromatic heterocycles. The summed E-state index contributed by atoms with van der Waals surface area (Å²) < 4.78 is 12.6. The normalized spacial score (nSPS) is 56.3. The van der Waals surface area contributed by atoms with Crippen LogP contribution in [-0.4, -0.2) is 44.8 Å². The van der Waals surface area contributed by atoms with Gasteiger partial charge in [-0.3, -0.25) is 0 Å². The minimum absolute atomic E-state index is 0.101. The van der Waals surface area contributed by atoms with Gasteiger partial charge in [0.1, 0.15) is 0 Å². The Bertz CT molecular complexity index is 854. The molecule has 4 aliphatic carbocycles. The lowest BCUT2D eigenvalue weighted by Gasteiger charge is -2.46. The summed E-state index contributed by atoms with van der Waals surface area (Å²) in [6, 6.07) is 0. The SMILES string of the molecule is CC1CC(C(CCCC(C2CC(C)CC(C)(O)C2)C2CC(C)C3OC3(C)C2)C2CC(C)C3OC3(C)C2)CC(C)(O)C1. The Morgan fingerprint density at radius 1 is 0.561 bits per heavy atom. The lowest BCUT2D eigenvalue weighted by Crippen LogP contribution is -2.43. The van der Waals surface area contributed by atoms with Crippen molar-refractivity contribution in [2.45, 2.75) is 173 Å². The molecular weight excluding hydrogens is 508 g/mol. The fourth-order valence-corrected chi connectivity index (χ4v) is 12.5. The van der Waals surface area contributed by atoms with Crippen molar-refractivity contribution in [1.29, 1.82) is 0 Å². The molecule has 4 saturated carbocycles. The zero-order chi connectivity index (χ0) is 29.5. The van der Waals surface area contributed by atoms with Crippen LogP contribution >= 0.6 is 0 Å². The smallest absolute Gasteiger partial charge is 0.0926 e. The second-order valence-electron chi connectivity index (χ2n) is 18.3. The number of ether oxygens (including phenoxy) is 2. The van der Waals surface area contributed by atoms with E-state index in [4.69, 9.17) is 9.47 Å². The van der Waals surface area contributed by atoms with Crippen LogP contribution in [0.2, 0.25) is 0 Å². The molecule has 0 aromatic carbocycles. The summed E-state index contributed by atoms with van der Waals surface area (Å²) in [5.74, 6) is 6.52. The third-order valence-electron chi connectivity index (χ3n) is 13.5. The van der Waals surface area contributed by atoms with Crippen LogP contribution in [0.3, 0.4) is 0 Å². The second kappa shape index (κ2) is 10.7.